The predicted molar refractivity (Wildman–Crippen MR) is 66.9 cm³/mol. The molecule has 1 heterocycles. The van der Waals surface area contributed by atoms with E-state index in [9.17, 15) is 14.0 Å². The molecular weight excluding hydrogens is 267 g/mol. The zero-order valence-corrected chi connectivity index (χ0v) is 11.2. The monoisotopic (exact) mass is 282 g/mol. The van der Waals surface area contributed by atoms with E-state index in [1.807, 2.05) is 0 Å². The van der Waals surface area contributed by atoms with E-state index < -0.39 is 29.8 Å². The van der Waals surface area contributed by atoms with Gasteiger partial charge in [0.15, 0.2) is 6.10 Å². The highest BCUT2D eigenvalue weighted by atomic mass is 19.1. The van der Waals surface area contributed by atoms with Gasteiger partial charge >= 0.3 is 11.9 Å². The fraction of sp³-hybridized carbons (Fsp3) is 0.429. The minimum atomic E-state index is -2.24. The maximum Gasteiger partial charge on any atom is 0.347 e. The summed E-state index contributed by atoms with van der Waals surface area (Å²) in [7, 11) is 1.27. The number of cyclic esters (lactones) is 1. The second kappa shape index (κ2) is 5.58. The van der Waals surface area contributed by atoms with E-state index in [1.165, 1.54) is 7.11 Å². The van der Waals surface area contributed by atoms with Gasteiger partial charge in [-0.3, -0.25) is 0 Å². The normalized spacial score (nSPS) is 29.1. The molecule has 1 fully saturated rings. The predicted octanol–water partition coefficient (Wildman–Crippen LogP) is 1.51. The van der Waals surface area contributed by atoms with Gasteiger partial charge in [-0.05, 0) is 19.1 Å². The van der Waals surface area contributed by atoms with Crippen molar-refractivity contribution in [3.8, 4) is 0 Å². The SMILES string of the molecule is CO[C@@H]1[C@@H](COC(=O)c2ccccc2)OC(=O)[C@]1(C)F. The third-order valence-electron chi connectivity index (χ3n) is 3.17. The lowest BCUT2D eigenvalue weighted by atomic mass is 10.0. The zero-order valence-electron chi connectivity index (χ0n) is 11.2. The molecule has 0 aliphatic carbocycles. The van der Waals surface area contributed by atoms with E-state index in [2.05, 4.69) is 0 Å². The molecular formula is C14H15FO5. The Morgan fingerprint density at radius 3 is 2.65 bits per heavy atom. The van der Waals surface area contributed by atoms with Gasteiger partial charge in [0.1, 0.15) is 12.7 Å². The number of esters is 2. The van der Waals surface area contributed by atoms with Crippen LogP contribution in [0.4, 0.5) is 4.39 Å². The van der Waals surface area contributed by atoms with Gasteiger partial charge in [-0.15, -0.1) is 0 Å². The van der Waals surface area contributed by atoms with Gasteiger partial charge in [-0.25, -0.2) is 14.0 Å². The Balaban J connectivity index is 1.98. The van der Waals surface area contributed by atoms with Crippen LogP contribution in [0.2, 0.25) is 0 Å². The van der Waals surface area contributed by atoms with Crippen molar-refractivity contribution >= 4 is 11.9 Å². The molecule has 1 aromatic rings. The van der Waals surface area contributed by atoms with Crippen LogP contribution in [0.3, 0.4) is 0 Å². The Kier molecular flexibility index (Phi) is 4.04. The number of alkyl halides is 1. The minimum Gasteiger partial charge on any atom is -0.458 e. The van der Waals surface area contributed by atoms with E-state index >= 15 is 0 Å². The van der Waals surface area contributed by atoms with E-state index in [1.54, 1.807) is 30.3 Å². The number of halogens is 1. The quantitative estimate of drug-likeness (QED) is 0.783. The molecule has 108 valence electrons. The summed E-state index contributed by atoms with van der Waals surface area (Å²) in [5.74, 6) is -1.57. The molecule has 1 aliphatic heterocycles. The number of carbonyl (C=O) groups is 2. The molecule has 0 saturated carbocycles. The van der Waals surface area contributed by atoms with Gasteiger partial charge in [0.25, 0.3) is 0 Å². The Bertz CT molecular complexity index is 500. The Morgan fingerprint density at radius 1 is 1.40 bits per heavy atom. The molecule has 2 rings (SSSR count). The standard InChI is InChI=1S/C14H15FO5/c1-14(15)11(18-2)10(20-13(14)17)8-19-12(16)9-6-4-3-5-7-9/h3-7,10-11H,8H2,1-2H3/t10-,11-,14-/m1/s1. The lowest BCUT2D eigenvalue weighted by Crippen LogP contribution is -2.42. The Hall–Kier alpha value is -1.95. The molecule has 1 aromatic carbocycles. The summed E-state index contributed by atoms with van der Waals surface area (Å²) in [4.78, 5) is 23.1. The minimum absolute atomic E-state index is 0.252. The van der Waals surface area contributed by atoms with E-state index in [4.69, 9.17) is 14.2 Å². The number of ether oxygens (including phenoxy) is 3. The first-order valence-corrected chi connectivity index (χ1v) is 6.11. The van der Waals surface area contributed by atoms with Gasteiger partial charge in [0.05, 0.1) is 5.56 Å². The highest BCUT2D eigenvalue weighted by molar-refractivity contribution is 5.89. The molecule has 0 amide bonds. The van der Waals surface area contributed by atoms with Crippen LogP contribution < -0.4 is 0 Å². The van der Waals surface area contributed by atoms with Crippen LogP contribution in [0.25, 0.3) is 0 Å². The smallest absolute Gasteiger partial charge is 0.347 e. The van der Waals surface area contributed by atoms with Crippen molar-refractivity contribution in [3.05, 3.63) is 35.9 Å². The number of methoxy groups -OCH3 is 1. The van der Waals surface area contributed by atoms with Crippen molar-refractivity contribution in [3.63, 3.8) is 0 Å². The van der Waals surface area contributed by atoms with Gasteiger partial charge < -0.3 is 14.2 Å². The van der Waals surface area contributed by atoms with Crippen molar-refractivity contribution in [1.29, 1.82) is 0 Å². The molecule has 0 spiro atoms. The second-order valence-electron chi connectivity index (χ2n) is 4.64. The molecule has 5 nitrogen and oxygen atoms in total. The molecule has 20 heavy (non-hydrogen) atoms. The van der Waals surface area contributed by atoms with Crippen molar-refractivity contribution in [2.24, 2.45) is 0 Å². The summed E-state index contributed by atoms with van der Waals surface area (Å²) in [6.45, 7) is 0.833. The number of hydrogen-bond donors (Lipinski definition) is 0. The molecule has 1 saturated heterocycles. The average Bonchev–Trinajstić information content (AvgIpc) is 2.66. The first-order chi connectivity index (χ1) is 9.46. The van der Waals surface area contributed by atoms with Crippen LogP contribution in [0.15, 0.2) is 30.3 Å². The van der Waals surface area contributed by atoms with E-state index in [0.29, 0.717) is 5.56 Å². The topological polar surface area (TPSA) is 61.8 Å². The Labute approximate surface area is 115 Å². The Morgan fingerprint density at radius 2 is 2.05 bits per heavy atom. The molecule has 0 unspecified atom stereocenters. The highest BCUT2D eigenvalue weighted by Gasteiger charge is 2.56. The van der Waals surface area contributed by atoms with Gasteiger partial charge in [-0.2, -0.15) is 0 Å². The molecule has 1 aliphatic rings. The average molecular weight is 282 g/mol. The zero-order chi connectivity index (χ0) is 14.8. The molecule has 0 radical (unpaired) electrons. The summed E-state index contributed by atoms with van der Waals surface area (Å²) in [5, 5.41) is 0. The summed E-state index contributed by atoms with van der Waals surface area (Å²) in [6.07, 6.45) is -2.05. The van der Waals surface area contributed by atoms with Crippen molar-refractivity contribution in [2.75, 3.05) is 13.7 Å². The molecule has 0 aromatic heterocycles. The van der Waals surface area contributed by atoms with Crippen LogP contribution in [0.5, 0.6) is 0 Å². The van der Waals surface area contributed by atoms with Crippen LogP contribution in [0.1, 0.15) is 17.3 Å². The molecule has 0 bridgehead atoms. The van der Waals surface area contributed by atoms with Crippen LogP contribution in [-0.2, 0) is 19.0 Å². The third kappa shape index (κ3) is 2.65. The summed E-state index contributed by atoms with van der Waals surface area (Å²) in [5.41, 5.74) is -1.87. The van der Waals surface area contributed by atoms with Gasteiger partial charge in [0.2, 0.25) is 5.67 Å². The lowest BCUT2D eigenvalue weighted by molar-refractivity contribution is -0.150. The van der Waals surface area contributed by atoms with E-state index in [-0.39, 0.29) is 6.61 Å². The fourth-order valence-corrected chi connectivity index (χ4v) is 2.09. The van der Waals surface area contributed by atoms with Crippen LogP contribution >= 0.6 is 0 Å². The summed E-state index contributed by atoms with van der Waals surface area (Å²) >= 11 is 0. The highest BCUT2D eigenvalue weighted by Crippen LogP contribution is 2.32. The van der Waals surface area contributed by atoms with Crippen molar-refractivity contribution in [1.82, 2.24) is 0 Å². The van der Waals surface area contributed by atoms with Crippen LogP contribution in [-0.4, -0.2) is 43.5 Å². The fourth-order valence-electron chi connectivity index (χ4n) is 2.09. The van der Waals surface area contributed by atoms with E-state index in [0.717, 1.165) is 6.92 Å². The largest absolute Gasteiger partial charge is 0.458 e. The van der Waals surface area contributed by atoms with Gasteiger partial charge in [0, 0.05) is 7.11 Å². The van der Waals surface area contributed by atoms with Gasteiger partial charge in [-0.1, -0.05) is 18.2 Å². The first-order valence-electron chi connectivity index (χ1n) is 6.11. The lowest BCUT2D eigenvalue weighted by Gasteiger charge is -2.20. The maximum absolute atomic E-state index is 14.0. The number of rotatable bonds is 4. The number of benzene rings is 1. The van der Waals surface area contributed by atoms with Crippen molar-refractivity contribution < 1.29 is 28.2 Å². The number of hydrogen-bond acceptors (Lipinski definition) is 5. The molecule has 3 atom stereocenters. The summed E-state index contributed by atoms with van der Waals surface area (Å²) < 4.78 is 28.8. The summed E-state index contributed by atoms with van der Waals surface area (Å²) in [6, 6.07) is 8.35. The van der Waals surface area contributed by atoms with Crippen molar-refractivity contribution in [2.45, 2.75) is 24.8 Å². The molecule has 0 N–H and O–H groups in total. The molecule has 6 heteroatoms. The second-order valence-corrected chi connectivity index (χ2v) is 4.64. The van der Waals surface area contributed by atoms with Crippen LogP contribution in [0, 0.1) is 0 Å². The maximum atomic E-state index is 14.0. The first kappa shape index (κ1) is 14.5. The third-order valence-corrected chi connectivity index (χ3v) is 3.17. The number of carbonyl (C=O) groups excluding carboxylic acids is 2.